The zero-order valence-electron chi connectivity index (χ0n) is 18.1. The number of unbranched alkanes of at least 4 members (excludes halogenated alkanes) is 1. The molecular formula is C26H34NS+. The van der Waals surface area contributed by atoms with E-state index in [0.29, 0.717) is 0 Å². The van der Waals surface area contributed by atoms with Crippen LogP contribution in [0.15, 0.2) is 42.6 Å². The number of hydrogen-bond acceptors (Lipinski definition) is 1. The summed E-state index contributed by atoms with van der Waals surface area (Å²) in [7, 11) is 0. The predicted octanol–water partition coefficient (Wildman–Crippen LogP) is 7.40. The second kappa shape index (κ2) is 7.30. The highest BCUT2D eigenvalue weighted by atomic mass is 32.1. The molecule has 0 saturated heterocycles. The van der Waals surface area contributed by atoms with Gasteiger partial charge in [-0.15, -0.1) is 11.3 Å². The van der Waals surface area contributed by atoms with Crippen molar-refractivity contribution in [2.45, 2.75) is 84.1 Å². The lowest BCUT2D eigenvalue weighted by Gasteiger charge is -2.46. The summed E-state index contributed by atoms with van der Waals surface area (Å²) in [6.07, 6.45) is 9.52. The number of aryl methyl sites for hydroxylation is 1. The lowest BCUT2D eigenvalue weighted by atomic mass is 9.59. The van der Waals surface area contributed by atoms with E-state index in [1.54, 1.807) is 11.1 Å². The molecule has 0 aliphatic carbocycles. The van der Waals surface area contributed by atoms with Crippen molar-refractivity contribution in [2.24, 2.45) is 0 Å². The van der Waals surface area contributed by atoms with Gasteiger partial charge in [-0.1, -0.05) is 52.3 Å². The molecule has 1 aromatic carbocycles. The molecule has 1 atom stereocenters. The van der Waals surface area contributed by atoms with E-state index < -0.39 is 0 Å². The van der Waals surface area contributed by atoms with Crippen LogP contribution < -0.4 is 4.57 Å². The Hall–Kier alpha value is -1.67. The highest BCUT2D eigenvalue weighted by Crippen LogP contribution is 2.56. The van der Waals surface area contributed by atoms with Crippen LogP contribution in [0.5, 0.6) is 0 Å². The Morgan fingerprint density at radius 1 is 0.929 bits per heavy atom. The molecular weight excluding hydrogens is 358 g/mol. The maximum absolute atomic E-state index is 2.62. The fourth-order valence-corrected chi connectivity index (χ4v) is 7.34. The summed E-state index contributed by atoms with van der Waals surface area (Å²) >= 11 is 2.04. The monoisotopic (exact) mass is 392 g/mol. The fourth-order valence-electron chi connectivity index (χ4n) is 5.85. The van der Waals surface area contributed by atoms with Crippen LogP contribution in [-0.2, 0) is 17.4 Å². The van der Waals surface area contributed by atoms with Crippen molar-refractivity contribution in [2.75, 3.05) is 0 Å². The number of thiophene rings is 1. The average Bonchev–Trinajstić information content (AvgIpc) is 3.14. The topological polar surface area (TPSA) is 3.88 Å². The smallest absolute Gasteiger partial charge is 0.191 e. The molecule has 1 unspecified atom stereocenters. The molecule has 2 heteroatoms. The highest BCUT2D eigenvalue weighted by molar-refractivity contribution is 7.22. The third kappa shape index (κ3) is 2.46. The minimum atomic E-state index is 0.124. The first-order valence-corrected chi connectivity index (χ1v) is 12.0. The highest BCUT2D eigenvalue weighted by Gasteiger charge is 2.59. The normalized spacial score (nSPS) is 20.2. The van der Waals surface area contributed by atoms with Gasteiger partial charge in [0.1, 0.15) is 4.88 Å². The van der Waals surface area contributed by atoms with Gasteiger partial charge in [0.15, 0.2) is 11.7 Å². The molecule has 4 rings (SSSR count). The molecule has 1 aliphatic rings. The Morgan fingerprint density at radius 2 is 1.71 bits per heavy atom. The largest absolute Gasteiger partial charge is 0.223 e. The summed E-state index contributed by atoms with van der Waals surface area (Å²) < 4.78 is 4.15. The third-order valence-corrected chi connectivity index (χ3v) is 8.91. The summed E-state index contributed by atoms with van der Waals surface area (Å²) in [5.41, 5.74) is 4.82. The fraction of sp³-hybridized carbons (Fsp3) is 0.500. The third-order valence-electron chi connectivity index (χ3n) is 7.61. The van der Waals surface area contributed by atoms with E-state index in [1.807, 2.05) is 11.3 Å². The lowest BCUT2D eigenvalue weighted by Crippen LogP contribution is -2.68. The van der Waals surface area contributed by atoms with Crippen molar-refractivity contribution in [3.63, 3.8) is 0 Å². The van der Waals surface area contributed by atoms with Crippen LogP contribution in [0.2, 0.25) is 0 Å². The standard InChI is InChI=1S/C26H34NS/c1-6-10-14-19-15-13-16-20-22-24(28-23(19)20)21-17-11-12-18-27(21)26(8-3,9-4)25(22,5)7-2/h11-13,15-18H,6-10,14H2,1-5H3/q+1. The van der Waals surface area contributed by atoms with Crippen molar-refractivity contribution in [1.29, 1.82) is 0 Å². The number of rotatable bonds is 6. The molecule has 0 fully saturated rings. The average molecular weight is 393 g/mol. The first-order valence-electron chi connectivity index (χ1n) is 11.1. The van der Waals surface area contributed by atoms with Crippen LogP contribution in [0.4, 0.5) is 0 Å². The second-order valence-electron chi connectivity index (χ2n) is 8.58. The van der Waals surface area contributed by atoms with Crippen LogP contribution in [0.3, 0.4) is 0 Å². The first-order chi connectivity index (χ1) is 13.6. The molecule has 0 bridgehead atoms. The number of pyridine rings is 1. The summed E-state index contributed by atoms with van der Waals surface area (Å²) in [4.78, 5) is 1.50. The van der Waals surface area contributed by atoms with E-state index in [4.69, 9.17) is 0 Å². The van der Waals surface area contributed by atoms with Crippen LogP contribution in [0.1, 0.15) is 77.8 Å². The number of fused-ring (bicyclic) bond motifs is 5. The maximum Gasteiger partial charge on any atom is 0.223 e. The van der Waals surface area contributed by atoms with Gasteiger partial charge in [0, 0.05) is 29.7 Å². The van der Waals surface area contributed by atoms with Crippen LogP contribution in [0, 0.1) is 0 Å². The summed E-state index contributed by atoms with van der Waals surface area (Å²) in [5, 5.41) is 1.51. The summed E-state index contributed by atoms with van der Waals surface area (Å²) in [5.74, 6) is 0. The van der Waals surface area contributed by atoms with Gasteiger partial charge in [0.25, 0.3) is 0 Å². The second-order valence-corrected chi connectivity index (χ2v) is 9.60. The van der Waals surface area contributed by atoms with E-state index in [9.17, 15) is 0 Å². The Balaban J connectivity index is 2.11. The summed E-state index contributed by atoms with van der Waals surface area (Å²) in [6, 6.07) is 13.8. The van der Waals surface area contributed by atoms with E-state index in [1.165, 1.54) is 39.9 Å². The van der Waals surface area contributed by atoms with Crippen LogP contribution >= 0.6 is 11.3 Å². The van der Waals surface area contributed by atoms with Gasteiger partial charge in [-0.3, -0.25) is 0 Å². The molecule has 28 heavy (non-hydrogen) atoms. The minimum absolute atomic E-state index is 0.124. The molecule has 3 heterocycles. The molecule has 0 amide bonds. The Labute approximate surface area is 174 Å². The number of nitrogens with zero attached hydrogens (tertiary/aromatic N) is 1. The van der Waals surface area contributed by atoms with E-state index >= 15 is 0 Å². The van der Waals surface area contributed by atoms with E-state index in [0.717, 1.165) is 19.3 Å². The van der Waals surface area contributed by atoms with E-state index in [2.05, 4.69) is 81.8 Å². The van der Waals surface area contributed by atoms with Crippen molar-refractivity contribution >= 4 is 21.4 Å². The number of hydrogen-bond donors (Lipinski definition) is 0. The molecule has 0 spiro atoms. The van der Waals surface area contributed by atoms with Crippen molar-refractivity contribution < 1.29 is 4.57 Å². The van der Waals surface area contributed by atoms with Gasteiger partial charge in [-0.05, 0) is 48.8 Å². The zero-order chi connectivity index (χ0) is 19.9. The van der Waals surface area contributed by atoms with Gasteiger partial charge in [0.05, 0.1) is 5.41 Å². The number of benzene rings is 1. The summed E-state index contributed by atoms with van der Waals surface area (Å²) in [6.45, 7) is 12.0. The lowest BCUT2D eigenvalue weighted by molar-refractivity contribution is -0.769. The van der Waals surface area contributed by atoms with Crippen LogP contribution in [0.25, 0.3) is 20.7 Å². The molecule has 1 nitrogen and oxygen atoms in total. The van der Waals surface area contributed by atoms with Gasteiger partial charge >= 0.3 is 0 Å². The molecule has 0 saturated carbocycles. The predicted molar refractivity (Wildman–Crippen MR) is 122 cm³/mol. The van der Waals surface area contributed by atoms with Gasteiger partial charge in [-0.2, -0.15) is 4.57 Å². The molecule has 3 aromatic rings. The maximum atomic E-state index is 2.62. The first kappa shape index (κ1) is 19.6. The molecule has 0 radical (unpaired) electrons. The number of aromatic nitrogens is 1. The van der Waals surface area contributed by atoms with E-state index in [-0.39, 0.29) is 11.0 Å². The van der Waals surface area contributed by atoms with Crippen molar-refractivity contribution in [3.8, 4) is 10.6 Å². The quantitative estimate of drug-likeness (QED) is 0.385. The molecule has 1 aliphatic heterocycles. The van der Waals surface area contributed by atoms with Crippen molar-refractivity contribution in [3.05, 3.63) is 53.7 Å². The molecule has 2 aromatic heterocycles. The van der Waals surface area contributed by atoms with Gasteiger partial charge < -0.3 is 0 Å². The Morgan fingerprint density at radius 3 is 2.39 bits per heavy atom. The zero-order valence-corrected chi connectivity index (χ0v) is 19.0. The Kier molecular flexibility index (Phi) is 5.12. The van der Waals surface area contributed by atoms with Gasteiger partial charge in [-0.25, -0.2) is 0 Å². The Bertz CT molecular complexity index is 995. The van der Waals surface area contributed by atoms with Crippen LogP contribution in [-0.4, -0.2) is 0 Å². The van der Waals surface area contributed by atoms with Gasteiger partial charge in [0.2, 0.25) is 5.69 Å². The van der Waals surface area contributed by atoms with Crippen molar-refractivity contribution in [1.82, 2.24) is 0 Å². The minimum Gasteiger partial charge on any atom is -0.191 e. The SMILES string of the molecule is CCCCc1cccc2c3c(sc12)-c1cccc[n+]1C(CC)(CC)C3(C)CC. The molecule has 148 valence electrons. The molecule has 0 N–H and O–H groups in total.